The molecule has 0 fully saturated rings. The van der Waals surface area contributed by atoms with Crippen molar-refractivity contribution in [3.8, 4) is 5.75 Å². The first-order chi connectivity index (χ1) is 15.7. The van der Waals surface area contributed by atoms with Crippen LogP contribution in [0, 0.1) is 17.6 Å². The summed E-state index contributed by atoms with van der Waals surface area (Å²) in [6, 6.07) is 13.8. The quantitative estimate of drug-likeness (QED) is 0.388. The molecule has 0 bridgehead atoms. The molecule has 0 radical (unpaired) electrons. The van der Waals surface area contributed by atoms with E-state index in [0.717, 1.165) is 23.8 Å². The highest BCUT2D eigenvalue weighted by Gasteiger charge is 2.21. The van der Waals surface area contributed by atoms with Crippen LogP contribution < -0.4 is 15.4 Å². The molecule has 0 aliphatic heterocycles. The summed E-state index contributed by atoms with van der Waals surface area (Å²) >= 11 is 12.3. The number of urea groups is 1. The summed E-state index contributed by atoms with van der Waals surface area (Å²) < 4.78 is 33.5. The summed E-state index contributed by atoms with van der Waals surface area (Å²) in [6.45, 7) is 4.01. The Morgan fingerprint density at radius 1 is 0.939 bits per heavy atom. The van der Waals surface area contributed by atoms with E-state index in [2.05, 4.69) is 5.32 Å². The number of hydrogen-bond acceptors (Lipinski definition) is 3. The van der Waals surface area contributed by atoms with E-state index in [-0.39, 0.29) is 22.7 Å². The van der Waals surface area contributed by atoms with E-state index in [4.69, 9.17) is 27.9 Å². The van der Waals surface area contributed by atoms with Crippen molar-refractivity contribution in [2.24, 2.45) is 5.92 Å². The topological polar surface area (TPSA) is 67.4 Å². The SMILES string of the molecule is CC(C)C(Oc1ccc(NC(=O)NC(=O)c2c(F)cccc2F)cc1Cl)c1ccc(Cl)cc1. The highest BCUT2D eigenvalue weighted by atomic mass is 35.5. The van der Waals surface area contributed by atoms with Gasteiger partial charge in [0.2, 0.25) is 0 Å². The van der Waals surface area contributed by atoms with Crippen LogP contribution in [0.25, 0.3) is 0 Å². The largest absolute Gasteiger partial charge is 0.484 e. The van der Waals surface area contributed by atoms with Crippen LogP contribution in [0.15, 0.2) is 60.7 Å². The van der Waals surface area contributed by atoms with Crippen LogP contribution in [-0.4, -0.2) is 11.9 Å². The molecule has 0 aromatic heterocycles. The number of carbonyl (C=O) groups excluding carboxylic acids is 2. The Morgan fingerprint density at radius 3 is 2.15 bits per heavy atom. The molecule has 1 unspecified atom stereocenters. The molecular formula is C24H20Cl2F2N2O3. The Morgan fingerprint density at radius 2 is 1.58 bits per heavy atom. The third-order valence-corrected chi connectivity index (χ3v) is 5.21. The molecule has 9 heteroatoms. The van der Waals surface area contributed by atoms with Crippen LogP contribution in [0.4, 0.5) is 19.3 Å². The van der Waals surface area contributed by atoms with Crippen LogP contribution in [0.3, 0.4) is 0 Å². The predicted octanol–water partition coefficient (Wildman–Crippen LogP) is 7.01. The van der Waals surface area contributed by atoms with Crippen molar-refractivity contribution < 1.29 is 23.1 Å². The van der Waals surface area contributed by atoms with E-state index in [1.165, 1.54) is 12.1 Å². The highest BCUT2D eigenvalue weighted by Crippen LogP contribution is 2.34. The van der Waals surface area contributed by atoms with E-state index in [9.17, 15) is 18.4 Å². The van der Waals surface area contributed by atoms with E-state index in [1.807, 2.05) is 31.3 Å². The molecule has 0 aliphatic carbocycles. The van der Waals surface area contributed by atoms with Gasteiger partial charge in [-0.15, -0.1) is 0 Å². The number of imide groups is 1. The molecule has 3 aromatic rings. The smallest absolute Gasteiger partial charge is 0.326 e. The van der Waals surface area contributed by atoms with Gasteiger partial charge in [0.1, 0.15) is 29.1 Å². The number of amides is 3. The average Bonchev–Trinajstić information content (AvgIpc) is 2.73. The van der Waals surface area contributed by atoms with Crippen molar-refractivity contribution in [3.05, 3.63) is 93.5 Å². The van der Waals surface area contributed by atoms with Gasteiger partial charge in [0.25, 0.3) is 5.91 Å². The molecular weight excluding hydrogens is 473 g/mol. The number of halogens is 4. The molecule has 5 nitrogen and oxygen atoms in total. The minimum Gasteiger partial charge on any atom is -0.484 e. The molecule has 3 amide bonds. The molecule has 3 aromatic carbocycles. The van der Waals surface area contributed by atoms with E-state index in [1.54, 1.807) is 18.2 Å². The Labute approximate surface area is 199 Å². The molecule has 2 N–H and O–H groups in total. The van der Waals surface area contributed by atoms with Crippen molar-refractivity contribution in [2.45, 2.75) is 20.0 Å². The van der Waals surface area contributed by atoms with Crippen LogP contribution in [0.5, 0.6) is 5.75 Å². The summed E-state index contributed by atoms with van der Waals surface area (Å²) in [5, 5.41) is 5.11. The molecule has 0 saturated heterocycles. The summed E-state index contributed by atoms with van der Waals surface area (Å²) in [4.78, 5) is 24.2. The van der Waals surface area contributed by atoms with Crippen molar-refractivity contribution in [2.75, 3.05) is 5.32 Å². The lowest BCUT2D eigenvalue weighted by Gasteiger charge is -2.24. The zero-order valence-electron chi connectivity index (χ0n) is 17.7. The fourth-order valence-corrected chi connectivity index (χ4v) is 3.45. The Kier molecular flexibility index (Phi) is 7.89. The van der Waals surface area contributed by atoms with Gasteiger partial charge in [-0.3, -0.25) is 10.1 Å². The van der Waals surface area contributed by atoms with E-state index in [0.29, 0.717) is 10.8 Å². The van der Waals surface area contributed by atoms with Crippen molar-refractivity contribution in [1.82, 2.24) is 5.32 Å². The monoisotopic (exact) mass is 492 g/mol. The minimum absolute atomic E-state index is 0.121. The molecule has 0 heterocycles. The van der Waals surface area contributed by atoms with Gasteiger partial charge < -0.3 is 10.1 Å². The second kappa shape index (κ2) is 10.6. The van der Waals surface area contributed by atoms with E-state index < -0.39 is 29.1 Å². The van der Waals surface area contributed by atoms with Gasteiger partial charge in [-0.2, -0.15) is 0 Å². The molecule has 33 heavy (non-hydrogen) atoms. The standard InChI is InChI=1S/C24H20Cl2F2N2O3/c1-13(2)22(14-6-8-15(25)9-7-14)33-20-11-10-16(12-17(20)26)29-24(32)30-23(31)21-18(27)4-3-5-19(21)28/h3-13,22H,1-2H3,(H2,29,30,31,32). The lowest BCUT2D eigenvalue weighted by Crippen LogP contribution is -2.35. The number of benzene rings is 3. The summed E-state index contributed by atoms with van der Waals surface area (Å²) in [6.07, 6.45) is -0.296. The van der Waals surface area contributed by atoms with Crippen molar-refractivity contribution in [1.29, 1.82) is 0 Å². The Balaban J connectivity index is 1.69. The number of hydrogen-bond donors (Lipinski definition) is 2. The lowest BCUT2D eigenvalue weighted by molar-refractivity contribution is 0.0959. The average molecular weight is 493 g/mol. The summed E-state index contributed by atoms with van der Waals surface area (Å²) in [7, 11) is 0. The number of rotatable bonds is 6. The maximum atomic E-state index is 13.7. The molecule has 3 rings (SSSR count). The first kappa shape index (κ1) is 24.5. The fraction of sp³-hybridized carbons (Fsp3) is 0.167. The van der Waals surface area contributed by atoms with Crippen LogP contribution in [-0.2, 0) is 0 Å². The highest BCUT2D eigenvalue weighted by molar-refractivity contribution is 6.32. The first-order valence-electron chi connectivity index (χ1n) is 9.93. The number of carbonyl (C=O) groups is 2. The van der Waals surface area contributed by atoms with Gasteiger partial charge >= 0.3 is 6.03 Å². The van der Waals surface area contributed by atoms with Crippen LogP contribution in [0.1, 0.15) is 35.9 Å². The third-order valence-electron chi connectivity index (χ3n) is 4.66. The third kappa shape index (κ3) is 6.21. The van der Waals surface area contributed by atoms with Gasteiger partial charge in [-0.25, -0.2) is 13.6 Å². The zero-order valence-corrected chi connectivity index (χ0v) is 19.2. The Hall–Kier alpha value is -3.16. The van der Waals surface area contributed by atoms with Gasteiger partial charge in [0.15, 0.2) is 0 Å². The fourth-order valence-electron chi connectivity index (χ4n) is 3.10. The molecule has 1 atom stereocenters. The van der Waals surface area contributed by atoms with E-state index >= 15 is 0 Å². The Bertz CT molecular complexity index is 1150. The van der Waals surface area contributed by atoms with Gasteiger partial charge in [-0.1, -0.05) is 55.2 Å². The zero-order chi connectivity index (χ0) is 24.1. The number of nitrogens with one attached hydrogen (secondary N) is 2. The minimum atomic E-state index is -1.21. The molecule has 0 aliphatic rings. The van der Waals surface area contributed by atoms with Crippen molar-refractivity contribution >= 4 is 40.8 Å². The van der Waals surface area contributed by atoms with Crippen LogP contribution in [0.2, 0.25) is 10.0 Å². The molecule has 172 valence electrons. The molecule has 0 saturated carbocycles. The maximum absolute atomic E-state index is 13.7. The van der Waals surface area contributed by atoms with Gasteiger partial charge in [-0.05, 0) is 53.9 Å². The van der Waals surface area contributed by atoms with Gasteiger partial charge in [0, 0.05) is 10.7 Å². The van der Waals surface area contributed by atoms with Crippen molar-refractivity contribution in [3.63, 3.8) is 0 Å². The molecule has 0 spiro atoms. The summed E-state index contributed by atoms with van der Waals surface area (Å²) in [5.41, 5.74) is 0.321. The maximum Gasteiger partial charge on any atom is 0.326 e. The number of ether oxygens (including phenoxy) is 1. The van der Waals surface area contributed by atoms with Crippen LogP contribution >= 0.6 is 23.2 Å². The predicted molar refractivity (Wildman–Crippen MR) is 124 cm³/mol. The second-order valence-corrected chi connectivity index (χ2v) is 8.33. The normalized spacial score (nSPS) is 11.7. The lowest BCUT2D eigenvalue weighted by atomic mass is 9.99. The first-order valence-corrected chi connectivity index (χ1v) is 10.7. The second-order valence-electron chi connectivity index (χ2n) is 7.48. The number of anilines is 1. The summed E-state index contributed by atoms with van der Waals surface area (Å²) in [5.74, 6) is -2.86. The van der Waals surface area contributed by atoms with Gasteiger partial charge in [0.05, 0.1) is 5.02 Å².